The summed E-state index contributed by atoms with van der Waals surface area (Å²) < 4.78 is 45.1. The van der Waals surface area contributed by atoms with Crippen LogP contribution in [0.15, 0.2) is 84.4 Å². The molecule has 1 aliphatic heterocycles. The summed E-state index contributed by atoms with van der Waals surface area (Å²) in [4.78, 5) is 27.1. The summed E-state index contributed by atoms with van der Waals surface area (Å²) in [5.41, 5.74) is -0.560. The van der Waals surface area contributed by atoms with E-state index in [1.807, 2.05) is 0 Å². The Morgan fingerprint density at radius 3 is 2.21 bits per heavy atom. The largest absolute Gasteiger partial charge is 0.507 e. The monoisotopic (exact) mass is 453 g/mol. The van der Waals surface area contributed by atoms with Crippen molar-refractivity contribution in [2.45, 2.75) is 12.2 Å². The number of ketones is 1. The van der Waals surface area contributed by atoms with Crippen LogP contribution in [0.5, 0.6) is 5.75 Å². The van der Waals surface area contributed by atoms with Crippen LogP contribution in [0.4, 0.5) is 18.9 Å². The van der Waals surface area contributed by atoms with Crippen molar-refractivity contribution in [3.8, 4) is 5.75 Å². The summed E-state index contributed by atoms with van der Waals surface area (Å²) in [5, 5.41) is 11.0. The fourth-order valence-corrected chi connectivity index (χ4v) is 3.78. The Morgan fingerprint density at radius 2 is 1.61 bits per heavy atom. The Hall–Kier alpha value is -4.07. The fourth-order valence-electron chi connectivity index (χ4n) is 3.78. The predicted octanol–water partition coefficient (Wildman–Crippen LogP) is 5.34. The number of hydrogen-bond donors (Lipinski definition) is 1. The molecule has 168 valence electrons. The van der Waals surface area contributed by atoms with Gasteiger partial charge < -0.3 is 9.84 Å². The Labute approximate surface area is 187 Å². The summed E-state index contributed by atoms with van der Waals surface area (Å²) in [5.74, 6) is -1.93. The molecule has 1 heterocycles. The first-order valence-corrected chi connectivity index (χ1v) is 9.90. The van der Waals surface area contributed by atoms with Crippen LogP contribution in [0.1, 0.15) is 22.7 Å². The zero-order chi connectivity index (χ0) is 23.8. The van der Waals surface area contributed by atoms with Crippen LogP contribution in [-0.4, -0.2) is 23.9 Å². The van der Waals surface area contributed by atoms with Crippen LogP contribution in [-0.2, 0) is 15.8 Å². The number of aliphatic hydroxyl groups excluding tert-OH is 1. The Morgan fingerprint density at radius 1 is 0.939 bits per heavy atom. The van der Waals surface area contributed by atoms with Crippen LogP contribution < -0.4 is 9.64 Å². The number of carbonyl (C=O) groups excluding carboxylic acids is 2. The molecule has 0 saturated carbocycles. The molecule has 0 radical (unpaired) electrons. The number of ether oxygens (including phenoxy) is 1. The molecule has 0 spiro atoms. The van der Waals surface area contributed by atoms with Crippen LogP contribution in [0.3, 0.4) is 0 Å². The zero-order valence-electron chi connectivity index (χ0n) is 17.3. The van der Waals surface area contributed by atoms with Gasteiger partial charge in [-0.2, -0.15) is 13.2 Å². The topological polar surface area (TPSA) is 66.8 Å². The minimum Gasteiger partial charge on any atom is -0.507 e. The number of rotatable bonds is 4. The molecule has 5 nitrogen and oxygen atoms in total. The third-order valence-corrected chi connectivity index (χ3v) is 5.37. The number of anilines is 1. The summed E-state index contributed by atoms with van der Waals surface area (Å²) in [6.45, 7) is 0. The van der Waals surface area contributed by atoms with E-state index in [4.69, 9.17) is 4.74 Å². The van der Waals surface area contributed by atoms with Crippen molar-refractivity contribution in [3.05, 3.63) is 101 Å². The average molecular weight is 453 g/mol. The number of aliphatic hydroxyl groups is 1. The number of benzene rings is 3. The number of hydrogen-bond acceptors (Lipinski definition) is 4. The molecule has 33 heavy (non-hydrogen) atoms. The molecule has 0 bridgehead atoms. The van der Waals surface area contributed by atoms with Gasteiger partial charge in [-0.3, -0.25) is 14.5 Å². The first-order chi connectivity index (χ1) is 15.7. The van der Waals surface area contributed by atoms with Gasteiger partial charge in [-0.1, -0.05) is 48.5 Å². The first-order valence-electron chi connectivity index (χ1n) is 9.90. The second-order valence-corrected chi connectivity index (χ2v) is 7.36. The quantitative estimate of drug-likeness (QED) is 0.329. The van der Waals surface area contributed by atoms with Gasteiger partial charge in [-0.25, -0.2) is 0 Å². The Kier molecular flexibility index (Phi) is 5.68. The number of amides is 1. The van der Waals surface area contributed by atoms with E-state index in [2.05, 4.69) is 0 Å². The minimum atomic E-state index is -4.64. The van der Waals surface area contributed by atoms with Crippen LogP contribution >= 0.6 is 0 Å². The van der Waals surface area contributed by atoms with Gasteiger partial charge in [0.2, 0.25) is 0 Å². The van der Waals surface area contributed by atoms with E-state index in [-0.39, 0.29) is 11.3 Å². The third kappa shape index (κ3) is 4.07. The maximum Gasteiger partial charge on any atom is 0.416 e. The maximum absolute atomic E-state index is 13.3. The lowest BCUT2D eigenvalue weighted by Gasteiger charge is -2.26. The molecule has 4 rings (SSSR count). The van der Waals surface area contributed by atoms with Gasteiger partial charge in [-0.05, 0) is 35.9 Å². The van der Waals surface area contributed by atoms with Gasteiger partial charge in [0.15, 0.2) is 0 Å². The van der Waals surface area contributed by atoms with Crippen LogP contribution in [0, 0.1) is 0 Å². The summed E-state index contributed by atoms with van der Waals surface area (Å²) in [6, 6.07) is 17.6. The van der Waals surface area contributed by atoms with Crippen molar-refractivity contribution in [1.29, 1.82) is 0 Å². The van der Waals surface area contributed by atoms with Gasteiger partial charge in [-0.15, -0.1) is 0 Å². The SMILES string of the molecule is COc1ccc(C2/C(=C(\O)c3ccccc3)C(=O)C(=O)N2c2cccc(C(F)(F)F)c2)cc1. The number of nitrogens with zero attached hydrogens (tertiary/aromatic N) is 1. The average Bonchev–Trinajstić information content (AvgIpc) is 3.09. The van der Waals surface area contributed by atoms with Crippen molar-refractivity contribution in [1.82, 2.24) is 0 Å². The summed E-state index contributed by atoms with van der Waals surface area (Å²) >= 11 is 0. The van der Waals surface area contributed by atoms with E-state index < -0.39 is 35.2 Å². The first kappa shape index (κ1) is 22.1. The van der Waals surface area contributed by atoms with E-state index in [1.165, 1.54) is 19.2 Å². The Bertz CT molecular complexity index is 1230. The highest BCUT2D eigenvalue weighted by molar-refractivity contribution is 6.51. The van der Waals surface area contributed by atoms with Gasteiger partial charge >= 0.3 is 6.18 Å². The van der Waals surface area contributed by atoms with Crippen molar-refractivity contribution < 1.29 is 32.6 Å². The molecule has 0 aromatic heterocycles. The predicted molar refractivity (Wildman–Crippen MR) is 116 cm³/mol. The summed E-state index contributed by atoms with van der Waals surface area (Å²) in [6.07, 6.45) is -4.64. The highest BCUT2D eigenvalue weighted by Crippen LogP contribution is 2.43. The van der Waals surface area contributed by atoms with Gasteiger partial charge in [0.1, 0.15) is 11.5 Å². The molecule has 1 saturated heterocycles. The molecule has 3 aromatic rings. The molecule has 0 aliphatic carbocycles. The van der Waals surface area contributed by atoms with Crippen molar-refractivity contribution in [3.63, 3.8) is 0 Å². The van der Waals surface area contributed by atoms with E-state index >= 15 is 0 Å². The van der Waals surface area contributed by atoms with E-state index in [0.717, 1.165) is 17.0 Å². The van der Waals surface area contributed by atoms with E-state index in [0.29, 0.717) is 16.9 Å². The standard InChI is InChI=1S/C25H18F3NO4/c1-33-19-12-10-15(11-13-19)21-20(22(30)16-6-3-2-4-7-16)23(31)24(32)29(21)18-9-5-8-17(14-18)25(26,27)28/h2-14,21,30H,1H3/b22-20+. The van der Waals surface area contributed by atoms with Gasteiger partial charge in [0, 0.05) is 11.3 Å². The van der Waals surface area contributed by atoms with Crippen LogP contribution in [0.25, 0.3) is 5.76 Å². The van der Waals surface area contributed by atoms with E-state index in [1.54, 1.807) is 54.6 Å². The molecule has 8 heteroatoms. The lowest BCUT2D eigenvalue weighted by molar-refractivity contribution is -0.137. The minimum absolute atomic E-state index is 0.111. The molecular weight excluding hydrogens is 435 g/mol. The molecule has 1 aliphatic rings. The molecular formula is C25H18F3NO4. The lowest BCUT2D eigenvalue weighted by atomic mass is 9.95. The number of halogens is 3. The fraction of sp³-hybridized carbons (Fsp3) is 0.120. The number of carbonyl (C=O) groups is 2. The number of methoxy groups -OCH3 is 1. The zero-order valence-corrected chi connectivity index (χ0v) is 17.3. The molecule has 3 aromatic carbocycles. The highest BCUT2D eigenvalue weighted by Gasteiger charge is 2.47. The Balaban J connectivity index is 1.94. The number of alkyl halides is 3. The molecule has 1 amide bonds. The van der Waals surface area contributed by atoms with Crippen molar-refractivity contribution >= 4 is 23.1 Å². The normalized spacial score (nSPS) is 17.9. The second kappa shape index (κ2) is 8.46. The molecule has 1 atom stereocenters. The van der Waals surface area contributed by atoms with Crippen molar-refractivity contribution in [2.24, 2.45) is 0 Å². The molecule has 1 unspecified atom stereocenters. The smallest absolute Gasteiger partial charge is 0.416 e. The molecule has 1 N–H and O–H groups in total. The highest BCUT2D eigenvalue weighted by atomic mass is 19.4. The van der Waals surface area contributed by atoms with Gasteiger partial charge in [0.25, 0.3) is 11.7 Å². The lowest BCUT2D eigenvalue weighted by Crippen LogP contribution is -2.29. The van der Waals surface area contributed by atoms with Crippen LogP contribution in [0.2, 0.25) is 0 Å². The second-order valence-electron chi connectivity index (χ2n) is 7.36. The van der Waals surface area contributed by atoms with Gasteiger partial charge in [0.05, 0.1) is 24.3 Å². The van der Waals surface area contributed by atoms with Crippen molar-refractivity contribution in [2.75, 3.05) is 12.0 Å². The third-order valence-electron chi connectivity index (χ3n) is 5.37. The summed E-state index contributed by atoms with van der Waals surface area (Å²) in [7, 11) is 1.47. The number of Topliss-reactive ketones (excluding diaryl/α,β-unsaturated/α-hetero) is 1. The maximum atomic E-state index is 13.3. The molecule has 1 fully saturated rings. The van der Waals surface area contributed by atoms with E-state index in [9.17, 15) is 27.9 Å².